The highest BCUT2D eigenvalue weighted by molar-refractivity contribution is 6.04. The summed E-state index contributed by atoms with van der Waals surface area (Å²) < 4.78 is 10.4. The second-order valence-corrected chi connectivity index (χ2v) is 5.36. The Bertz CT molecular complexity index is 645. The fraction of sp³-hybridized carbons (Fsp3) is 0.438. The smallest absolute Gasteiger partial charge is 0.324 e. The summed E-state index contributed by atoms with van der Waals surface area (Å²) in [6.45, 7) is 0.212. The van der Waals surface area contributed by atoms with Crippen molar-refractivity contribution in [3.8, 4) is 11.5 Å². The van der Waals surface area contributed by atoms with E-state index >= 15 is 0 Å². The number of rotatable bonds is 8. The van der Waals surface area contributed by atoms with Gasteiger partial charge in [-0.05, 0) is 30.5 Å². The molecule has 1 atom stereocenters. The Kier molecular flexibility index (Phi) is 5.62. The highest BCUT2D eigenvalue weighted by Crippen LogP contribution is 2.27. The Morgan fingerprint density at radius 3 is 2.58 bits per heavy atom. The summed E-state index contributed by atoms with van der Waals surface area (Å²) in [5.41, 5.74) is 0.891. The van der Waals surface area contributed by atoms with Crippen molar-refractivity contribution in [2.24, 2.45) is 0 Å². The number of urea groups is 1. The predicted molar refractivity (Wildman–Crippen MR) is 84.2 cm³/mol. The highest BCUT2D eigenvalue weighted by Gasteiger charge is 2.37. The zero-order chi connectivity index (χ0) is 17.7. The first-order valence-corrected chi connectivity index (χ1v) is 7.50. The minimum atomic E-state index is -0.999. The molecule has 0 radical (unpaired) electrons. The first kappa shape index (κ1) is 17.6. The van der Waals surface area contributed by atoms with Gasteiger partial charge in [-0.25, -0.2) is 4.79 Å². The van der Waals surface area contributed by atoms with E-state index in [9.17, 15) is 14.4 Å². The average Bonchev–Trinajstić information content (AvgIpc) is 2.84. The second-order valence-electron chi connectivity index (χ2n) is 5.36. The Morgan fingerprint density at radius 2 is 1.96 bits per heavy atom. The van der Waals surface area contributed by atoms with Crippen molar-refractivity contribution >= 4 is 17.9 Å². The van der Waals surface area contributed by atoms with Crippen LogP contribution in [0, 0.1) is 0 Å². The number of nitrogens with one attached hydrogen (secondary N) is 1. The topological polar surface area (TPSA) is 105 Å². The summed E-state index contributed by atoms with van der Waals surface area (Å²) in [7, 11) is 3.08. The van der Waals surface area contributed by atoms with Gasteiger partial charge in [0, 0.05) is 13.0 Å². The molecule has 3 amide bonds. The molecule has 0 bridgehead atoms. The maximum atomic E-state index is 12.2. The van der Waals surface area contributed by atoms with Crippen LogP contribution in [0.2, 0.25) is 0 Å². The molecule has 0 aliphatic carbocycles. The third-order valence-corrected chi connectivity index (χ3v) is 3.83. The van der Waals surface area contributed by atoms with Crippen LogP contribution in [-0.4, -0.2) is 54.7 Å². The molecule has 8 heteroatoms. The predicted octanol–water partition coefficient (Wildman–Crippen LogP) is 1.03. The number of imide groups is 1. The number of carbonyl (C=O) groups excluding carboxylic acids is 2. The van der Waals surface area contributed by atoms with E-state index in [1.165, 1.54) is 7.11 Å². The van der Waals surface area contributed by atoms with Crippen LogP contribution >= 0.6 is 0 Å². The first-order valence-electron chi connectivity index (χ1n) is 7.50. The molecule has 2 N–H and O–H groups in total. The van der Waals surface area contributed by atoms with E-state index < -0.39 is 18.0 Å². The van der Waals surface area contributed by atoms with Crippen LogP contribution in [0.4, 0.5) is 4.79 Å². The summed E-state index contributed by atoms with van der Waals surface area (Å²) in [5.74, 6) is -0.209. The molecule has 1 aliphatic rings. The summed E-state index contributed by atoms with van der Waals surface area (Å²) >= 11 is 0. The highest BCUT2D eigenvalue weighted by atomic mass is 16.5. The van der Waals surface area contributed by atoms with Crippen molar-refractivity contribution in [1.82, 2.24) is 10.2 Å². The van der Waals surface area contributed by atoms with Crippen molar-refractivity contribution < 1.29 is 29.0 Å². The van der Waals surface area contributed by atoms with Crippen LogP contribution in [0.1, 0.15) is 18.4 Å². The number of amides is 3. The standard InChI is InChI=1S/C16H20N2O6/c1-23-12-5-3-10(9-13(12)24-2)7-8-18-15(21)11(17-16(18)22)4-6-14(19)20/h3,5,9,11H,4,6-8H2,1-2H3,(H,17,22)(H,19,20)/t11-/m1/s1. The minimum absolute atomic E-state index is 0.0900. The van der Waals surface area contributed by atoms with Crippen LogP contribution in [-0.2, 0) is 16.0 Å². The molecule has 24 heavy (non-hydrogen) atoms. The molecule has 0 spiro atoms. The lowest BCUT2D eigenvalue weighted by atomic mass is 10.1. The van der Waals surface area contributed by atoms with E-state index in [1.54, 1.807) is 19.2 Å². The molecule has 8 nitrogen and oxygen atoms in total. The summed E-state index contributed by atoms with van der Waals surface area (Å²) in [6, 6.07) is 4.13. The Hall–Kier alpha value is -2.77. The van der Waals surface area contributed by atoms with Gasteiger partial charge in [0.05, 0.1) is 14.2 Å². The molecule has 1 fully saturated rings. The number of hydrogen-bond donors (Lipinski definition) is 2. The quantitative estimate of drug-likeness (QED) is 0.687. The largest absolute Gasteiger partial charge is 0.493 e. The maximum Gasteiger partial charge on any atom is 0.324 e. The van der Waals surface area contributed by atoms with Gasteiger partial charge in [-0.15, -0.1) is 0 Å². The Morgan fingerprint density at radius 1 is 1.25 bits per heavy atom. The lowest BCUT2D eigenvalue weighted by Crippen LogP contribution is -2.33. The number of benzene rings is 1. The van der Waals surface area contributed by atoms with E-state index in [0.29, 0.717) is 17.9 Å². The SMILES string of the molecule is COc1ccc(CCN2C(=O)N[C@H](CCC(=O)O)C2=O)cc1OC. The molecule has 130 valence electrons. The number of ether oxygens (including phenoxy) is 2. The molecular formula is C16H20N2O6. The molecule has 1 heterocycles. The number of carbonyl (C=O) groups is 3. The van der Waals surface area contributed by atoms with Gasteiger partial charge in [0.2, 0.25) is 0 Å². The molecule has 0 unspecified atom stereocenters. The molecular weight excluding hydrogens is 316 g/mol. The van der Waals surface area contributed by atoms with Gasteiger partial charge in [-0.2, -0.15) is 0 Å². The number of aliphatic carboxylic acids is 1. The van der Waals surface area contributed by atoms with Gasteiger partial charge in [0.15, 0.2) is 11.5 Å². The molecule has 1 aliphatic heterocycles. The van der Waals surface area contributed by atoms with E-state index in [4.69, 9.17) is 14.6 Å². The van der Waals surface area contributed by atoms with Crippen LogP contribution < -0.4 is 14.8 Å². The summed E-state index contributed by atoms with van der Waals surface area (Å²) in [6.07, 6.45) is 0.387. The number of carboxylic acid groups (broad SMARTS) is 1. The second kappa shape index (κ2) is 7.67. The van der Waals surface area contributed by atoms with Gasteiger partial charge in [-0.1, -0.05) is 6.07 Å². The Balaban J connectivity index is 1.97. The first-order chi connectivity index (χ1) is 11.5. The van der Waals surface area contributed by atoms with Crippen LogP contribution in [0.3, 0.4) is 0 Å². The molecule has 0 aromatic heterocycles. The number of hydrogen-bond acceptors (Lipinski definition) is 5. The summed E-state index contributed by atoms with van der Waals surface area (Å²) in [4.78, 5) is 35.8. The van der Waals surface area contributed by atoms with Crippen molar-refractivity contribution in [2.75, 3.05) is 20.8 Å². The van der Waals surface area contributed by atoms with Crippen molar-refractivity contribution in [1.29, 1.82) is 0 Å². The number of carboxylic acids is 1. The van der Waals surface area contributed by atoms with Crippen LogP contribution in [0.5, 0.6) is 11.5 Å². The maximum absolute atomic E-state index is 12.2. The van der Waals surface area contributed by atoms with Crippen LogP contribution in [0.15, 0.2) is 18.2 Å². The minimum Gasteiger partial charge on any atom is -0.493 e. The van der Waals surface area contributed by atoms with E-state index in [2.05, 4.69) is 5.32 Å². The molecule has 1 aromatic rings. The van der Waals surface area contributed by atoms with E-state index in [0.717, 1.165) is 10.5 Å². The van der Waals surface area contributed by atoms with Gasteiger partial charge in [0.1, 0.15) is 6.04 Å². The Labute approximate surface area is 139 Å². The number of nitrogens with zero attached hydrogens (tertiary/aromatic N) is 1. The van der Waals surface area contributed by atoms with Gasteiger partial charge < -0.3 is 19.9 Å². The molecule has 1 saturated heterocycles. The lowest BCUT2D eigenvalue weighted by molar-refractivity contribution is -0.137. The fourth-order valence-corrected chi connectivity index (χ4v) is 2.53. The normalized spacial score (nSPS) is 16.9. The average molecular weight is 336 g/mol. The van der Waals surface area contributed by atoms with Gasteiger partial charge >= 0.3 is 12.0 Å². The number of methoxy groups -OCH3 is 2. The molecule has 2 rings (SSSR count). The van der Waals surface area contributed by atoms with Crippen molar-refractivity contribution in [3.63, 3.8) is 0 Å². The van der Waals surface area contributed by atoms with Gasteiger partial charge in [-0.3, -0.25) is 14.5 Å². The van der Waals surface area contributed by atoms with E-state index in [-0.39, 0.29) is 25.3 Å². The summed E-state index contributed by atoms with van der Waals surface area (Å²) in [5, 5.41) is 11.2. The fourth-order valence-electron chi connectivity index (χ4n) is 2.53. The lowest BCUT2D eigenvalue weighted by Gasteiger charge is -2.14. The van der Waals surface area contributed by atoms with E-state index in [1.807, 2.05) is 6.07 Å². The monoisotopic (exact) mass is 336 g/mol. The van der Waals surface area contributed by atoms with Gasteiger partial charge in [0.25, 0.3) is 5.91 Å². The molecule has 1 aromatic carbocycles. The zero-order valence-corrected chi connectivity index (χ0v) is 13.6. The van der Waals surface area contributed by atoms with Crippen molar-refractivity contribution in [3.05, 3.63) is 23.8 Å². The molecule has 0 saturated carbocycles. The third-order valence-electron chi connectivity index (χ3n) is 3.83. The van der Waals surface area contributed by atoms with Crippen LogP contribution in [0.25, 0.3) is 0 Å². The third kappa shape index (κ3) is 3.95. The zero-order valence-electron chi connectivity index (χ0n) is 13.6. The van der Waals surface area contributed by atoms with Crippen molar-refractivity contribution in [2.45, 2.75) is 25.3 Å².